The lowest BCUT2D eigenvalue weighted by molar-refractivity contribution is 0.0956. The Hall–Kier alpha value is -2.54. The van der Waals surface area contributed by atoms with Crippen LogP contribution in [0.1, 0.15) is 36.0 Å². The summed E-state index contributed by atoms with van der Waals surface area (Å²) in [5, 5.41) is 11.7. The summed E-state index contributed by atoms with van der Waals surface area (Å²) >= 11 is 0. The molecule has 3 aromatic rings. The van der Waals surface area contributed by atoms with Crippen LogP contribution in [0.2, 0.25) is 0 Å². The van der Waals surface area contributed by atoms with Gasteiger partial charge >= 0.3 is 0 Å². The van der Waals surface area contributed by atoms with E-state index in [1.807, 2.05) is 48.5 Å². The molecule has 1 heterocycles. The number of para-hydroxylation sites is 2. The van der Waals surface area contributed by atoms with E-state index >= 15 is 0 Å². The van der Waals surface area contributed by atoms with Crippen molar-refractivity contribution >= 4 is 27.7 Å². The Morgan fingerprint density at radius 3 is 1.87 bits per heavy atom. The Labute approximate surface area is 178 Å². The first-order chi connectivity index (χ1) is 14.8. The fourth-order valence-corrected chi connectivity index (χ4v) is 3.57. The summed E-state index contributed by atoms with van der Waals surface area (Å²) < 4.78 is 0. The SMILES string of the molecule is NCCCNCCCCNCCCNC(=O)c1c2ccccc2nc2ccccc12. The first-order valence-electron chi connectivity index (χ1n) is 11.0. The molecule has 0 atom stereocenters. The minimum atomic E-state index is -0.0339. The van der Waals surface area contributed by atoms with Gasteiger partial charge in [0.15, 0.2) is 0 Å². The van der Waals surface area contributed by atoms with Crippen LogP contribution >= 0.6 is 0 Å². The molecular formula is C24H33N5O. The second-order valence-electron chi connectivity index (χ2n) is 7.48. The minimum absolute atomic E-state index is 0.0339. The van der Waals surface area contributed by atoms with Crippen LogP contribution in [0.25, 0.3) is 21.8 Å². The molecule has 0 unspecified atom stereocenters. The van der Waals surface area contributed by atoms with E-state index < -0.39 is 0 Å². The molecule has 0 saturated carbocycles. The van der Waals surface area contributed by atoms with E-state index in [0.29, 0.717) is 12.1 Å². The Bertz CT molecular complexity index is 889. The lowest BCUT2D eigenvalue weighted by atomic mass is 10.0. The number of unbranched alkanes of at least 4 members (excludes halogenated alkanes) is 1. The van der Waals surface area contributed by atoms with Gasteiger partial charge < -0.3 is 21.7 Å². The zero-order chi connectivity index (χ0) is 21.0. The molecule has 3 rings (SSSR count). The molecule has 5 N–H and O–H groups in total. The molecule has 0 spiro atoms. The Morgan fingerprint density at radius 1 is 0.733 bits per heavy atom. The van der Waals surface area contributed by atoms with Gasteiger partial charge in [-0.15, -0.1) is 0 Å². The van der Waals surface area contributed by atoms with Crippen LogP contribution in [0.4, 0.5) is 0 Å². The molecule has 0 bridgehead atoms. The fraction of sp³-hybridized carbons (Fsp3) is 0.417. The van der Waals surface area contributed by atoms with E-state index in [4.69, 9.17) is 5.73 Å². The summed E-state index contributed by atoms with van der Waals surface area (Å²) in [6, 6.07) is 15.7. The summed E-state index contributed by atoms with van der Waals surface area (Å²) in [6.07, 6.45) is 4.25. The number of carbonyl (C=O) groups excluding carboxylic acids is 1. The number of hydrogen-bond acceptors (Lipinski definition) is 5. The van der Waals surface area contributed by atoms with Gasteiger partial charge in [-0.1, -0.05) is 36.4 Å². The van der Waals surface area contributed by atoms with Crippen molar-refractivity contribution in [3.63, 3.8) is 0 Å². The molecule has 0 radical (unpaired) electrons. The molecular weight excluding hydrogens is 374 g/mol. The van der Waals surface area contributed by atoms with Crippen molar-refractivity contribution in [2.24, 2.45) is 5.73 Å². The van der Waals surface area contributed by atoms with Crippen molar-refractivity contribution in [1.82, 2.24) is 20.9 Å². The van der Waals surface area contributed by atoms with Gasteiger partial charge in [-0.2, -0.15) is 0 Å². The highest BCUT2D eigenvalue weighted by molar-refractivity contribution is 6.16. The van der Waals surface area contributed by atoms with Crippen LogP contribution < -0.4 is 21.7 Å². The quantitative estimate of drug-likeness (QED) is 0.258. The third-order valence-corrected chi connectivity index (χ3v) is 5.15. The number of aromatic nitrogens is 1. The maximum Gasteiger partial charge on any atom is 0.252 e. The molecule has 30 heavy (non-hydrogen) atoms. The fourth-order valence-electron chi connectivity index (χ4n) is 3.57. The number of nitrogens with two attached hydrogens (primary N) is 1. The van der Waals surface area contributed by atoms with Crippen molar-refractivity contribution in [3.8, 4) is 0 Å². The van der Waals surface area contributed by atoms with Gasteiger partial charge in [0, 0.05) is 17.3 Å². The standard InChI is InChI=1S/C24H33N5O/c25-13-7-16-26-14-5-6-15-27-17-8-18-28-24(30)23-19-9-1-3-11-21(19)29-22-12-4-2-10-20(22)23/h1-4,9-12,26-27H,5-8,13-18,25H2,(H,28,30). The minimum Gasteiger partial charge on any atom is -0.352 e. The molecule has 2 aromatic carbocycles. The third-order valence-electron chi connectivity index (χ3n) is 5.15. The number of amides is 1. The number of hydrogen-bond donors (Lipinski definition) is 4. The number of pyridine rings is 1. The molecule has 0 saturated heterocycles. The van der Waals surface area contributed by atoms with Gasteiger partial charge in [0.05, 0.1) is 16.6 Å². The molecule has 0 aliphatic heterocycles. The van der Waals surface area contributed by atoms with E-state index in [9.17, 15) is 4.79 Å². The van der Waals surface area contributed by atoms with Gasteiger partial charge in [0.25, 0.3) is 5.91 Å². The van der Waals surface area contributed by atoms with Crippen LogP contribution in [0.15, 0.2) is 48.5 Å². The predicted octanol–water partition coefficient (Wildman–Crippen LogP) is 2.82. The van der Waals surface area contributed by atoms with Gasteiger partial charge in [-0.25, -0.2) is 4.98 Å². The van der Waals surface area contributed by atoms with Crippen LogP contribution in [0.3, 0.4) is 0 Å². The second kappa shape index (κ2) is 12.2. The Kier molecular flexibility index (Phi) is 9.03. The second-order valence-corrected chi connectivity index (χ2v) is 7.48. The largest absolute Gasteiger partial charge is 0.352 e. The van der Waals surface area contributed by atoms with Gasteiger partial charge in [0.1, 0.15) is 0 Å². The zero-order valence-corrected chi connectivity index (χ0v) is 17.6. The number of rotatable bonds is 13. The number of benzene rings is 2. The lowest BCUT2D eigenvalue weighted by Gasteiger charge is -2.11. The average Bonchev–Trinajstić information content (AvgIpc) is 2.78. The normalized spacial score (nSPS) is 11.2. The Balaban J connectivity index is 1.43. The summed E-state index contributed by atoms with van der Waals surface area (Å²) in [6.45, 7) is 5.36. The highest BCUT2D eigenvalue weighted by Gasteiger charge is 2.15. The van der Waals surface area contributed by atoms with Gasteiger partial charge in [-0.05, 0) is 70.5 Å². The van der Waals surface area contributed by atoms with Crippen molar-refractivity contribution in [1.29, 1.82) is 0 Å². The Morgan fingerprint density at radius 2 is 1.27 bits per heavy atom. The van der Waals surface area contributed by atoms with Crippen LogP contribution in [-0.2, 0) is 0 Å². The topological polar surface area (TPSA) is 92.1 Å². The number of carbonyl (C=O) groups is 1. The number of nitrogens with zero attached hydrogens (tertiary/aromatic N) is 1. The number of nitrogens with one attached hydrogen (secondary N) is 3. The molecule has 1 amide bonds. The predicted molar refractivity (Wildman–Crippen MR) is 125 cm³/mol. The lowest BCUT2D eigenvalue weighted by Crippen LogP contribution is -2.28. The summed E-state index contributed by atoms with van der Waals surface area (Å²) in [5.74, 6) is -0.0339. The maximum atomic E-state index is 13.0. The summed E-state index contributed by atoms with van der Waals surface area (Å²) in [5.41, 5.74) is 7.88. The summed E-state index contributed by atoms with van der Waals surface area (Å²) in [7, 11) is 0. The molecule has 6 heteroatoms. The molecule has 0 aliphatic rings. The molecule has 0 fully saturated rings. The van der Waals surface area contributed by atoms with E-state index in [1.54, 1.807) is 0 Å². The van der Waals surface area contributed by atoms with Gasteiger partial charge in [0.2, 0.25) is 0 Å². The van der Waals surface area contributed by atoms with Gasteiger partial charge in [-0.3, -0.25) is 4.79 Å². The van der Waals surface area contributed by atoms with Crippen molar-refractivity contribution in [3.05, 3.63) is 54.1 Å². The monoisotopic (exact) mass is 407 g/mol. The molecule has 160 valence electrons. The highest BCUT2D eigenvalue weighted by atomic mass is 16.1. The van der Waals surface area contributed by atoms with E-state index in [2.05, 4.69) is 20.9 Å². The third kappa shape index (κ3) is 6.23. The summed E-state index contributed by atoms with van der Waals surface area (Å²) in [4.78, 5) is 17.7. The average molecular weight is 408 g/mol. The van der Waals surface area contributed by atoms with Crippen molar-refractivity contribution < 1.29 is 4.79 Å². The first-order valence-corrected chi connectivity index (χ1v) is 11.0. The van der Waals surface area contributed by atoms with Crippen LogP contribution in [-0.4, -0.2) is 50.2 Å². The molecule has 1 aromatic heterocycles. The number of fused-ring (bicyclic) bond motifs is 2. The van der Waals surface area contributed by atoms with Crippen molar-refractivity contribution in [2.45, 2.75) is 25.7 Å². The van der Waals surface area contributed by atoms with E-state index in [0.717, 1.165) is 80.2 Å². The molecule has 0 aliphatic carbocycles. The van der Waals surface area contributed by atoms with E-state index in [1.165, 1.54) is 0 Å². The van der Waals surface area contributed by atoms with Crippen LogP contribution in [0.5, 0.6) is 0 Å². The highest BCUT2D eigenvalue weighted by Crippen LogP contribution is 2.25. The van der Waals surface area contributed by atoms with Crippen molar-refractivity contribution in [2.75, 3.05) is 39.3 Å². The molecule has 6 nitrogen and oxygen atoms in total. The van der Waals surface area contributed by atoms with Crippen LogP contribution in [0, 0.1) is 0 Å². The smallest absolute Gasteiger partial charge is 0.252 e. The maximum absolute atomic E-state index is 13.0. The zero-order valence-electron chi connectivity index (χ0n) is 17.6. The van der Waals surface area contributed by atoms with E-state index in [-0.39, 0.29) is 5.91 Å². The first kappa shape index (κ1) is 22.2.